The van der Waals surface area contributed by atoms with Crippen LogP contribution in [0.2, 0.25) is 0 Å². The van der Waals surface area contributed by atoms with E-state index in [1.807, 2.05) is 0 Å². The number of H-pyrrole nitrogens is 1. The van der Waals surface area contributed by atoms with E-state index in [1.165, 1.54) is 26.2 Å². The Labute approximate surface area is 157 Å². The summed E-state index contributed by atoms with van der Waals surface area (Å²) in [6, 6.07) is 9.76. The molecule has 3 rings (SSSR count). The second-order valence-corrected chi connectivity index (χ2v) is 5.76. The summed E-state index contributed by atoms with van der Waals surface area (Å²) in [5, 5.41) is 7.58. The van der Waals surface area contributed by atoms with Crippen molar-refractivity contribution in [1.82, 2.24) is 10.2 Å². The van der Waals surface area contributed by atoms with Gasteiger partial charge >= 0.3 is 6.18 Å². The van der Waals surface area contributed by atoms with Gasteiger partial charge in [-0.1, -0.05) is 6.07 Å². The molecular weight excluding hydrogens is 379 g/mol. The Balaban J connectivity index is 1.67. The second-order valence-electron chi connectivity index (χ2n) is 5.76. The third-order valence-electron chi connectivity index (χ3n) is 3.76. The van der Waals surface area contributed by atoms with Gasteiger partial charge in [-0.05, 0) is 31.2 Å². The number of alkyl halides is 3. The van der Waals surface area contributed by atoms with Crippen molar-refractivity contribution in [3.8, 4) is 11.5 Å². The van der Waals surface area contributed by atoms with E-state index < -0.39 is 23.5 Å². The van der Waals surface area contributed by atoms with Crippen molar-refractivity contribution in [1.29, 1.82) is 0 Å². The van der Waals surface area contributed by atoms with Crippen LogP contribution in [0.3, 0.4) is 0 Å². The topological polar surface area (TPSA) is 89.4 Å². The Hall–Kier alpha value is -3.43. The molecule has 0 spiro atoms. The molecule has 1 amide bonds. The van der Waals surface area contributed by atoms with E-state index in [1.54, 1.807) is 24.3 Å². The van der Waals surface area contributed by atoms with Crippen molar-refractivity contribution in [3.63, 3.8) is 0 Å². The summed E-state index contributed by atoms with van der Waals surface area (Å²) in [7, 11) is 1.53. The summed E-state index contributed by atoms with van der Waals surface area (Å²) in [6.45, 7) is 1.40. The van der Waals surface area contributed by atoms with Crippen LogP contribution in [0.5, 0.6) is 11.5 Å². The lowest BCUT2D eigenvalue weighted by atomic mass is 10.2. The zero-order valence-corrected chi connectivity index (χ0v) is 14.9. The van der Waals surface area contributed by atoms with Gasteiger partial charge < -0.3 is 19.2 Å². The number of methoxy groups -OCH3 is 1. The number of furan rings is 1. The molecule has 0 aliphatic heterocycles. The number of benzene rings is 1. The Morgan fingerprint density at radius 3 is 2.71 bits per heavy atom. The van der Waals surface area contributed by atoms with Crippen LogP contribution in [-0.2, 0) is 12.8 Å². The predicted octanol–water partition coefficient (Wildman–Crippen LogP) is 4.17. The van der Waals surface area contributed by atoms with Gasteiger partial charge in [0.15, 0.2) is 11.5 Å². The van der Waals surface area contributed by atoms with E-state index in [-0.39, 0.29) is 18.1 Å². The maximum atomic E-state index is 13.0. The van der Waals surface area contributed by atoms with Crippen LogP contribution in [0.15, 0.2) is 40.8 Å². The van der Waals surface area contributed by atoms with Gasteiger partial charge in [0, 0.05) is 6.07 Å². The van der Waals surface area contributed by atoms with Crippen LogP contribution < -0.4 is 14.8 Å². The van der Waals surface area contributed by atoms with Gasteiger partial charge in [-0.25, -0.2) is 0 Å². The molecule has 2 N–H and O–H groups in total. The first-order valence-corrected chi connectivity index (χ1v) is 8.07. The van der Waals surface area contributed by atoms with Gasteiger partial charge in [0.25, 0.3) is 5.91 Å². The summed E-state index contributed by atoms with van der Waals surface area (Å²) in [5.74, 6) is 0.493. The maximum Gasteiger partial charge on any atom is 0.437 e. The number of ether oxygens (including phenoxy) is 2. The molecule has 1 aromatic carbocycles. The first-order valence-electron chi connectivity index (χ1n) is 8.07. The predicted molar refractivity (Wildman–Crippen MR) is 92.3 cm³/mol. The summed E-state index contributed by atoms with van der Waals surface area (Å²) >= 11 is 0. The number of aryl methyl sites for hydroxylation is 1. The van der Waals surface area contributed by atoms with Crippen molar-refractivity contribution in [2.24, 2.45) is 0 Å². The first kappa shape index (κ1) is 19.3. The number of amides is 1. The fourth-order valence-corrected chi connectivity index (χ4v) is 2.39. The van der Waals surface area contributed by atoms with E-state index in [0.29, 0.717) is 17.3 Å². The number of halogens is 3. The summed E-state index contributed by atoms with van der Waals surface area (Å²) in [4.78, 5) is 12.2. The van der Waals surface area contributed by atoms with Gasteiger partial charge in [-0.2, -0.15) is 18.3 Å². The fraction of sp³-hybridized carbons (Fsp3) is 0.222. The van der Waals surface area contributed by atoms with E-state index in [9.17, 15) is 18.0 Å². The SMILES string of the molecule is COc1cccc(OCc2ccc(C(=O)Nc3c(C(F)(F)F)n[nH]c3C)o2)c1. The minimum absolute atomic E-state index is 0.0268. The number of carbonyl (C=O) groups is 1. The molecule has 0 aliphatic rings. The molecule has 0 bridgehead atoms. The van der Waals surface area contributed by atoms with Gasteiger partial charge in [-0.3, -0.25) is 9.89 Å². The van der Waals surface area contributed by atoms with Gasteiger partial charge in [0.2, 0.25) is 0 Å². The van der Waals surface area contributed by atoms with Crippen LogP contribution in [0.25, 0.3) is 0 Å². The average molecular weight is 395 g/mol. The van der Waals surface area contributed by atoms with Crippen LogP contribution >= 0.6 is 0 Å². The molecule has 3 aromatic rings. The van der Waals surface area contributed by atoms with E-state index >= 15 is 0 Å². The largest absolute Gasteiger partial charge is 0.497 e. The van der Waals surface area contributed by atoms with E-state index in [2.05, 4.69) is 15.5 Å². The van der Waals surface area contributed by atoms with Crippen LogP contribution in [0, 0.1) is 6.92 Å². The highest BCUT2D eigenvalue weighted by atomic mass is 19.4. The molecule has 0 unspecified atom stereocenters. The minimum atomic E-state index is -4.70. The molecule has 0 fully saturated rings. The molecule has 2 aromatic heterocycles. The number of hydrogen-bond donors (Lipinski definition) is 2. The molecule has 7 nitrogen and oxygen atoms in total. The van der Waals surface area contributed by atoms with Gasteiger partial charge in [0.05, 0.1) is 18.5 Å². The average Bonchev–Trinajstić information content (AvgIpc) is 3.27. The van der Waals surface area contributed by atoms with Crippen LogP contribution in [0.4, 0.5) is 18.9 Å². The molecule has 0 radical (unpaired) electrons. The number of aromatic nitrogens is 2. The standard InChI is InChI=1S/C18H16F3N3O4/c1-10-15(16(24-23-10)18(19,20)21)22-17(25)14-7-6-13(28-14)9-27-12-5-3-4-11(8-12)26-2/h3-8H,9H2,1-2H3,(H,22,25)(H,23,24). The number of carbonyl (C=O) groups excluding carboxylic acids is 1. The monoisotopic (exact) mass is 395 g/mol. The van der Waals surface area contributed by atoms with Crippen molar-refractivity contribution in [3.05, 3.63) is 59.3 Å². The molecular formula is C18H16F3N3O4. The molecule has 0 saturated carbocycles. The highest BCUT2D eigenvalue weighted by molar-refractivity contribution is 6.03. The Morgan fingerprint density at radius 1 is 1.25 bits per heavy atom. The quantitative estimate of drug-likeness (QED) is 0.654. The normalized spacial score (nSPS) is 11.3. The zero-order valence-electron chi connectivity index (χ0n) is 14.9. The third kappa shape index (κ3) is 4.27. The Bertz CT molecular complexity index is 979. The van der Waals surface area contributed by atoms with Gasteiger partial charge in [0.1, 0.15) is 23.9 Å². The van der Waals surface area contributed by atoms with Crippen molar-refractivity contribution < 1.29 is 31.9 Å². The number of hydrogen-bond acceptors (Lipinski definition) is 5. The minimum Gasteiger partial charge on any atom is -0.497 e. The van der Waals surface area contributed by atoms with Crippen molar-refractivity contribution in [2.45, 2.75) is 19.7 Å². The van der Waals surface area contributed by atoms with Crippen LogP contribution in [-0.4, -0.2) is 23.2 Å². The first-order chi connectivity index (χ1) is 13.3. The number of anilines is 1. The van der Waals surface area contributed by atoms with Crippen molar-refractivity contribution in [2.75, 3.05) is 12.4 Å². The highest BCUT2D eigenvalue weighted by Crippen LogP contribution is 2.34. The molecule has 148 valence electrons. The smallest absolute Gasteiger partial charge is 0.437 e. The summed E-state index contributed by atoms with van der Waals surface area (Å²) in [5.41, 5.74) is -1.57. The number of nitrogens with zero attached hydrogens (tertiary/aromatic N) is 1. The maximum absolute atomic E-state index is 13.0. The zero-order chi connectivity index (χ0) is 20.3. The fourth-order valence-electron chi connectivity index (χ4n) is 2.39. The second kappa shape index (κ2) is 7.67. The summed E-state index contributed by atoms with van der Waals surface area (Å²) < 4.78 is 54.9. The molecule has 28 heavy (non-hydrogen) atoms. The van der Waals surface area contributed by atoms with Gasteiger partial charge in [-0.15, -0.1) is 0 Å². The Kier molecular flexibility index (Phi) is 5.30. The van der Waals surface area contributed by atoms with E-state index in [4.69, 9.17) is 13.9 Å². The Morgan fingerprint density at radius 2 is 2.00 bits per heavy atom. The lowest BCUT2D eigenvalue weighted by Crippen LogP contribution is -2.16. The molecule has 0 aliphatic carbocycles. The lowest BCUT2D eigenvalue weighted by Gasteiger charge is -2.08. The molecule has 10 heteroatoms. The van der Waals surface area contributed by atoms with Crippen molar-refractivity contribution >= 4 is 11.6 Å². The van der Waals surface area contributed by atoms with E-state index in [0.717, 1.165) is 0 Å². The molecule has 0 saturated heterocycles. The third-order valence-corrected chi connectivity index (χ3v) is 3.76. The molecule has 2 heterocycles. The summed E-state index contributed by atoms with van der Waals surface area (Å²) in [6.07, 6.45) is -4.70. The lowest BCUT2D eigenvalue weighted by molar-refractivity contribution is -0.140. The number of rotatable bonds is 6. The number of nitrogens with one attached hydrogen (secondary N) is 2. The van der Waals surface area contributed by atoms with Crippen LogP contribution in [0.1, 0.15) is 27.7 Å². The molecule has 0 atom stereocenters. The highest BCUT2D eigenvalue weighted by Gasteiger charge is 2.38. The number of aromatic amines is 1.